The molecule has 28 heavy (non-hydrogen) atoms. The number of nitrogens with one attached hydrogen (secondary N) is 2. The molecule has 0 saturated heterocycles. The Morgan fingerprint density at radius 1 is 1.29 bits per heavy atom. The number of anilines is 1. The molecule has 2 aromatic carbocycles. The summed E-state index contributed by atoms with van der Waals surface area (Å²) in [5.74, 6) is 0.580. The zero-order valence-electron chi connectivity index (χ0n) is 14.3. The van der Waals surface area contributed by atoms with Gasteiger partial charge in [0.15, 0.2) is 11.5 Å². The summed E-state index contributed by atoms with van der Waals surface area (Å²) in [5, 5.41) is 25.4. The van der Waals surface area contributed by atoms with Crippen molar-refractivity contribution in [2.24, 2.45) is 0 Å². The smallest absolute Gasteiger partial charge is 0.289 e. The third kappa shape index (κ3) is 4.31. The van der Waals surface area contributed by atoms with Gasteiger partial charge in [-0.25, -0.2) is 0 Å². The summed E-state index contributed by atoms with van der Waals surface area (Å²) in [6.45, 7) is 0.523. The first-order valence-electron chi connectivity index (χ1n) is 7.95. The lowest BCUT2D eigenvalue weighted by atomic mass is 10.2. The molecule has 0 spiro atoms. The van der Waals surface area contributed by atoms with E-state index in [4.69, 9.17) is 21.1 Å². The van der Waals surface area contributed by atoms with E-state index in [1.54, 1.807) is 18.2 Å². The largest absolute Gasteiger partial charge is 0.454 e. The summed E-state index contributed by atoms with van der Waals surface area (Å²) in [4.78, 5) is 22.5. The van der Waals surface area contributed by atoms with Crippen LogP contribution in [0.1, 0.15) is 5.56 Å². The van der Waals surface area contributed by atoms with Crippen LogP contribution in [-0.2, 0) is 11.3 Å². The Morgan fingerprint density at radius 2 is 2.07 bits per heavy atom. The quantitative estimate of drug-likeness (QED) is 0.330. The minimum atomic E-state index is -0.711. The van der Waals surface area contributed by atoms with Crippen LogP contribution in [0.2, 0.25) is 5.02 Å². The average molecular weight is 401 g/mol. The second-order valence-corrected chi connectivity index (χ2v) is 6.02. The van der Waals surface area contributed by atoms with Crippen molar-refractivity contribution in [3.63, 3.8) is 0 Å². The fourth-order valence-electron chi connectivity index (χ4n) is 2.40. The molecule has 0 fully saturated rings. The third-order valence-corrected chi connectivity index (χ3v) is 4.07. The molecule has 0 aliphatic carbocycles. The first kappa shape index (κ1) is 19.0. The number of fused-ring (bicyclic) bond motifs is 1. The second-order valence-electron chi connectivity index (χ2n) is 5.62. The van der Waals surface area contributed by atoms with Gasteiger partial charge in [-0.15, -0.1) is 0 Å². The lowest BCUT2D eigenvalue weighted by Crippen LogP contribution is -2.16. The van der Waals surface area contributed by atoms with Gasteiger partial charge in [0.2, 0.25) is 6.79 Å². The molecule has 10 heteroatoms. The lowest BCUT2D eigenvalue weighted by molar-refractivity contribution is -0.384. The summed E-state index contributed by atoms with van der Waals surface area (Å²) >= 11 is 5.73. The third-order valence-electron chi connectivity index (χ3n) is 3.76. The fourth-order valence-corrected chi connectivity index (χ4v) is 2.59. The summed E-state index contributed by atoms with van der Waals surface area (Å²) in [6.07, 6.45) is 1.27. The summed E-state index contributed by atoms with van der Waals surface area (Å²) in [6, 6.07) is 11.0. The molecule has 9 nitrogen and oxygen atoms in total. The van der Waals surface area contributed by atoms with Crippen LogP contribution in [0.15, 0.2) is 48.2 Å². The Kier molecular flexibility index (Phi) is 5.62. The number of amides is 1. The van der Waals surface area contributed by atoms with Crippen LogP contribution in [0.3, 0.4) is 0 Å². The standard InChI is InChI=1S/C18H13ClN4O5/c19-14-3-2-13(6-15(14)23(25)26)22-18(24)12(7-20)9-21-8-11-1-4-16-17(5-11)28-10-27-16/h1-6,9,21H,8,10H2,(H,22,24)/b12-9-. The van der Waals surface area contributed by atoms with Crippen molar-refractivity contribution in [1.82, 2.24) is 5.32 Å². The van der Waals surface area contributed by atoms with Gasteiger partial charge >= 0.3 is 0 Å². The second kappa shape index (κ2) is 8.28. The monoisotopic (exact) mass is 400 g/mol. The number of nitro benzene ring substituents is 1. The number of carbonyl (C=O) groups excluding carboxylic acids is 1. The van der Waals surface area contributed by atoms with E-state index in [-0.39, 0.29) is 28.8 Å². The first-order valence-corrected chi connectivity index (χ1v) is 8.33. The maximum atomic E-state index is 12.2. The van der Waals surface area contributed by atoms with Crippen LogP contribution in [0.4, 0.5) is 11.4 Å². The number of nitrogens with zero attached hydrogens (tertiary/aromatic N) is 2. The van der Waals surface area contributed by atoms with Crippen LogP contribution in [0, 0.1) is 21.4 Å². The van der Waals surface area contributed by atoms with E-state index in [1.165, 1.54) is 18.3 Å². The minimum absolute atomic E-state index is 0.0514. The molecule has 0 saturated carbocycles. The topological polar surface area (TPSA) is 127 Å². The molecule has 0 atom stereocenters. The molecule has 1 heterocycles. The van der Waals surface area contributed by atoms with Crippen LogP contribution >= 0.6 is 11.6 Å². The van der Waals surface area contributed by atoms with Crippen molar-refractivity contribution in [3.8, 4) is 17.6 Å². The molecule has 1 aliphatic heterocycles. The Morgan fingerprint density at radius 3 is 2.82 bits per heavy atom. The van der Waals surface area contributed by atoms with E-state index in [1.807, 2.05) is 6.07 Å². The molecule has 2 aromatic rings. The molecule has 1 amide bonds. The highest BCUT2D eigenvalue weighted by Crippen LogP contribution is 2.32. The molecule has 3 rings (SSSR count). The van der Waals surface area contributed by atoms with Crippen LogP contribution in [0.5, 0.6) is 11.5 Å². The Balaban J connectivity index is 1.64. The van der Waals surface area contributed by atoms with Gasteiger partial charge in [0.1, 0.15) is 16.7 Å². The van der Waals surface area contributed by atoms with Crippen molar-refractivity contribution in [2.75, 3.05) is 12.1 Å². The molecule has 2 N–H and O–H groups in total. The van der Waals surface area contributed by atoms with Crippen LogP contribution < -0.4 is 20.1 Å². The maximum Gasteiger partial charge on any atom is 0.289 e. The van der Waals surface area contributed by atoms with Gasteiger partial charge in [0, 0.05) is 24.5 Å². The molecule has 0 radical (unpaired) electrons. The van der Waals surface area contributed by atoms with Crippen LogP contribution in [-0.4, -0.2) is 17.6 Å². The van der Waals surface area contributed by atoms with Crippen molar-refractivity contribution in [1.29, 1.82) is 5.26 Å². The van der Waals surface area contributed by atoms with E-state index in [0.29, 0.717) is 18.0 Å². The van der Waals surface area contributed by atoms with Crippen molar-refractivity contribution in [3.05, 3.63) is 68.9 Å². The fraction of sp³-hybridized carbons (Fsp3) is 0.111. The molecule has 0 bridgehead atoms. The van der Waals surface area contributed by atoms with E-state index < -0.39 is 10.8 Å². The van der Waals surface area contributed by atoms with Gasteiger partial charge in [-0.2, -0.15) is 5.26 Å². The highest BCUT2D eigenvalue weighted by atomic mass is 35.5. The normalized spacial score (nSPS) is 12.2. The highest BCUT2D eigenvalue weighted by Gasteiger charge is 2.16. The van der Waals surface area contributed by atoms with E-state index in [2.05, 4.69) is 10.6 Å². The molecule has 1 aliphatic rings. The number of hydrogen-bond donors (Lipinski definition) is 2. The Hall–Kier alpha value is -3.77. The molecular formula is C18H13ClN4O5. The number of nitriles is 1. The number of halogens is 1. The van der Waals surface area contributed by atoms with Crippen molar-refractivity contribution in [2.45, 2.75) is 6.54 Å². The SMILES string of the molecule is N#C/C(=C/NCc1ccc2c(c1)OCO2)C(=O)Nc1ccc(Cl)c([N+](=O)[O-])c1. The van der Waals surface area contributed by atoms with Crippen molar-refractivity contribution < 1.29 is 19.2 Å². The van der Waals surface area contributed by atoms with Gasteiger partial charge < -0.3 is 20.1 Å². The van der Waals surface area contributed by atoms with Gasteiger partial charge in [0.05, 0.1) is 4.92 Å². The predicted molar refractivity (Wildman–Crippen MR) is 99.8 cm³/mol. The van der Waals surface area contributed by atoms with Gasteiger partial charge in [-0.3, -0.25) is 14.9 Å². The Bertz CT molecular complexity index is 1020. The van der Waals surface area contributed by atoms with Gasteiger partial charge in [-0.1, -0.05) is 17.7 Å². The summed E-state index contributed by atoms with van der Waals surface area (Å²) in [5.41, 5.74) is 0.478. The van der Waals surface area contributed by atoms with E-state index in [0.717, 1.165) is 11.6 Å². The lowest BCUT2D eigenvalue weighted by Gasteiger charge is -2.06. The van der Waals surface area contributed by atoms with Crippen molar-refractivity contribution >= 4 is 28.9 Å². The Labute approximate surface area is 164 Å². The zero-order chi connectivity index (χ0) is 20.1. The summed E-state index contributed by atoms with van der Waals surface area (Å²) in [7, 11) is 0. The molecular weight excluding hydrogens is 388 g/mol. The highest BCUT2D eigenvalue weighted by molar-refractivity contribution is 6.32. The number of ether oxygens (including phenoxy) is 2. The van der Waals surface area contributed by atoms with Gasteiger partial charge in [-0.05, 0) is 29.8 Å². The summed E-state index contributed by atoms with van der Waals surface area (Å²) < 4.78 is 10.5. The average Bonchev–Trinajstić information content (AvgIpc) is 3.14. The minimum Gasteiger partial charge on any atom is -0.454 e. The van der Waals surface area contributed by atoms with Gasteiger partial charge in [0.25, 0.3) is 11.6 Å². The molecule has 142 valence electrons. The number of nitro groups is 1. The predicted octanol–water partition coefficient (Wildman–Crippen LogP) is 3.11. The number of benzene rings is 2. The molecule has 0 aromatic heterocycles. The molecule has 0 unspecified atom stereocenters. The number of hydrogen-bond acceptors (Lipinski definition) is 7. The van der Waals surface area contributed by atoms with Crippen LogP contribution in [0.25, 0.3) is 0 Å². The number of rotatable bonds is 6. The zero-order valence-corrected chi connectivity index (χ0v) is 15.0. The maximum absolute atomic E-state index is 12.2. The number of carbonyl (C=O) groups is 1. The van der Waals surface area contributed by atoms with E-state index >= 15 is 0 Å². The van der Waals surface area contributed by atoms with E-state index in [9.17, 15) is 20.2 Å². The first-order chi connectivity index (χ1) is 13.5.